The molecule has 0 saturated carbocycles. The lowest BCUT2D eigenvalue weighted by molar-refractivity contribution is 0.0591. The van der Waals surface area contributed by atoms with Gasteiger partial charge in [-0.1, -0.05) is 13.8 Å². The van der Waals surface area contributed by atoms with Gasteiger partial charge in [-0.3, -0.25) is 0 Å². The van der Waals surface area contributed by atoms with Gasteiger partial charge in [-0.2, -0.15) is 5.10 Å². The normalized spacial score (nSPS) is 10.8. The Morgan fingerprint density at radius 1 is 1.27 bits per heavy atom. The van der Waals surface area contributed by atoms with Gasteiger partial charge in [0.25, 0.3) is 0 Å². The van der Waals surface area contributed by atoms with Crippen molar-refractivity contribution in [2.45, 2.75) is 19.8 Å². The molecule has 0 fully saturated rings. The zero-order valence-corrected chi connectivity index (χ0v) is 12.3. The van der Waals surface area contributed by atoms with Crippen LogP contribution in [0.2, 0.25) is 0 Å². The number of esters is 1. The van der Waals surface area contributed by atoms with E-state index in [4.69, 9.17) is 0 Å². The molecule has 0 aliphatic rings. The fraction of sp³-hybridized carbons (Fsp3) is 0.267. The van der Waals surface area contributed by atoms with Gasteiger partial charge >= 0.3 is 11.9 Å². The Bertz CT molecular complexity index is 720. The maximum Gasteiger partial charge on any atom is 0.358 e. The minimum atomic E-state index is -1.23. The summed E-state index contributed by atoms with van der Waals surface area (Å²) in [7, 11) is 1.20. The van der Waals surface area contributed by atoms with Gasteiger partial charge in [-0.05, 0) is 30.2 Å². The van der Waals surface area contributed by atoms with Crippen molar-refractivity contribution in [1.82, 2.24) is 9.78 Å². The molecule has 0 radical (unpaired) electrons. The van der Waals surface area contributed by atoms with Crippen molar-refractivity contribution in [3.8, 4) is 5.69 Å². The summed E-state index contributed by atoms with van der Waals surface area (Å²) in [5.74, 6) is -2.65. The number of rotatable bonds is 4. The third kappa shape index (κ3) is 2.69. The quantitative estimate of drug-likeness (QED) is 0.878. The molecule has 0 unspecified atom stereocenters. The molecule has 1 aromatic heterocycles. The molecular weight excluding hydrogens is 291 g/mol. The number of aromatic nitrogens is 2. The maximum atomic E-state index is 13.0. The zero-order valence-electron chi connectivity index (χ0n) is 12.3. The first-order valence-electron chi connectivity index (χ1n) is 6.57. The fourth-order valence-corrected chi connectivity index (χ4v) is 2.20. The summed E-state index contributed by atoms with van der Waals surface area (Å²) in [6, 6.07) is 5.16. The van der Waals surface area contributed by atoms with E-state index < -0.39 is 17.8 Å². The lowest BCUT2D eigenvalue weighted by Crippen LogP contribution is -2.11. The monoisotopic (exact) mass is 306 g/mol. The molecule has 2 aromatic rings. The number of carbonyl (C=O) groups is 2. The molecule has 6 nitrogen and oxygen atoms in total. The Kier molecular flexibility index (Phi) is 4.25. The molecule has 7 heteroatoms. The predicted octanol–water partition coefficient (Wildman–Crippen LogP) is 2.62. The second kappa shape index (κ2) is 5.97. The maximum absolute atomic E-state index is 13.0. The van der Waals surface area contributed by atoms with Crippen molar-refractivity contribution in [3.05, 3.63) is 47.0 Å². The minimum absolute atomic E-state index is 0.0563. The van der Waals surface area contributed by atoms with Crippen molar-refractivity contribution in [3.63, 3.8) is 0 Å². The van der Waals surface area contributed by atoms with E-state index in [1.54, 1.807) is 13.8 Å². The van der Waals surface area contributed by atoms with E-state index in [9.17, 15) is 19.1 Å². The van der Waals surface area contributed by atoms with Gasteiger partial charge in [0.2, 0.25) is 0 Å². The molecule has 0 aliphatic heterocycles. The number of halogens is 1. The second-order valence-corrected chi connectivity index (χ2v) is 4.95. The van der Waals surface area contributed by atoms with E-state index in [1.165, 1.54) is 31.4 Å². The van der Waals surface area contributed by atoms with Crippen molar-refractivity contribution in [2.75, 3.05) is 7.11 Å². The molecule has 116 valence electrons. The number of ether oxygens (including phenoxy) is 1. The van der Waals surface area contributed by atoms with Crippen LogP contribution in [0.15, 0.2) is 24.3 Å². The highest BCUT2D eigenvalue weighted by molar-refractivity contribution is 5.96. The summed E-state index contributed by atoms with van der Waals surface area (Å²) < 4.78 is 18.8. The molecule has 0 saturated heterocycles. The van der Waals surface area contributed by atoms with Gasteiger partial charge in [0.1, 0.15) is 5.82 Å². The summed E-state index contributed by atoms with van der Waals surface area (Å²) in [6.45, 7) is 3.51. The first kappa shape index (κ1) is 15.7. The molecule has 1 aromatic carbocycles. The van der Waals surface area contributed by atoms with Crippen molar-refractivity contribution in [2.24, 2.45) is 0 Å². The first-order valence-corrected chi connectivity index (χ1v) is 6.57. The number of benzene rings is 1. The average molecular weight is 306 g/mol. The van der Waals surface area contributed by atoms with Crippen molar-refractivity contribution in [1.29, 1.82) is 0 Å². The van der Waals surface area contributed by atoms with Gasteiger partial charge in [-0.15, -0.1) is 0 Å². The lowest BCUT2D eigenvalue weighted by Gasteiger charge is -2.08. The Labute approximate surface area is 126 Å². The van der Waals surface area contributed by atoms with Crippen molar-refractivity contribution >= 4 is 11.9 Å². The molecule has 1 heterocycles. The number of carbonyl (C=O) groups excluding carboxylic acids is 1. The Morgan fingerprint density at radius 2 is 1.86 bits per heavy atom. The van der Waals surface area contributed by atoms with Crippen molar-refractivity contribution < 1.29 is 23.8 Å². The molecule has 22 heavy (non-hydrogen) atoms. The summed E-state index contributed by atoms with van der Waals surface area (Å²) in [6.07, 6.45) is 0. The van der Waals surface area contributed by atoms with Gasteiger partial charge in [0.05, 0.1) is 12.8 Å². The van der Waals surface area contributed by atoms with Crippen LogP contribution in [0.5, 0.6) is 0 Å². The van der Waals surface area contributed by atoms with E-state index in [0.29, 0.717) is 5.69 Å². The fourth-order valence-electron chi connectivity index (χ4n) is 2.20. The largest absolute Gasteiger partial charge is 0.476 e. The number of hydrogen-bond donors (Lipinski definition) is 1. The average Bonchev–Trinajstić information content (AvgIpc) is 2.88. The predicted molar refractivity (Wildman–Crippen MR) is 75.9 cm³/mol. The highest BCUT2D eigenvalue weighted by Gasteiger charge is 2.29. The van der Waals surface area contributed by atoms with E-state index in [0.717, 1.165) is 4.68 Å². The van der Waals surface area contributed by atoms with Crippen LogP contribution in [-0.2, 0) is 4.74 Å². The van der Waals surface area contributed by atoms with Crippen LogP contribution in [0, 0.1) is 5.82 Å². The SMILES string of the molecule is COC(=O)c1nn(-c2ccc(F)cc2)c(C(=O)O)c1C(C)C. The Hall–Kier alpha value is -2.70. The van der Waals surface area contributed by atoms with Gasteiger partial charge in [-0.25, -0.2) is 18.7 Å². The number of methoxy groups -OCH3 is 1. The molecule has 2 rings (SSSR count). The number of hydrogen-bond acceptors (Lipinski definition) is 4. The highest BCUT2D eigenvalue weighted by atomic mass is 19.1. The molecule has 0 aliphatic carbocycles. The summed E-state index contributed by atoms with van der Waals surface area (Å²) >= 11 is 0. The van der Waals surface area contributed by atoms with E-state index in [2.05, 4.69) is 9.84 Å². The van der Waals surface area contributed by atoms with Crippen LogP contribution in [0.3, 0.4) is 0 Å². The van der Waals surface area contributed by atoms with Crippen LogP contribution in [0.25, 0.3) is 5.69 Å². The molecule has 0 atom stereocenters. The summed E-state index contributed by atoms with van der Waals surface area (Å²) in [5, 5.41) is 13.6. The smallest absolute Gasteiger partial charge is 0.358 e. The van der Waals surface area contributed by atoms with Gasteiger partial charge < -0.3 is 9.84 Å². The lowest BCUT2D eigenvalue weighted by atomic mass is 10.00. The minimum Gasteiger partial charge on any atom is -0.476 e. The number of carboxylic acid groups (broad SMARTS) is 1. The summed E-state index contributed by atoms with van der Waals surface area (Å²) in [4.78, 5) is 23.5. The zero-order chi connectivity index (χ0) is 16.4. The third-order valence-corrected chi connectivity index (χ3v) is 3.15. The van der Waals surface area contributed by atoms with Crippen LogP contribution >= 0.6 is 0 Å². The molecular formula is C15H15FN2O4. The molecule has 1 N–H and O–H groups in total. The second-order valence-electron chi connectivity index (χ2n) is 4.95. The third-order valence-electron chi connectivity index (χ3n) is 3.15. The van der Waals surface area contributed by atoms with E-state index in [-0.39, 0.29) is 22.9 Å². The topological polar surface area (TPSA) is 81.4 Å². The number of aromatic carboxylic acids is 1. The molecule has 0 bridgehead atoms. The molecule has 0 spiro atoms. The van der Waals surface area contributed by atoms with E-state index >= 15 is 0 Å². The molecule has 0 amide bonds. The first-order chi connectivity index (χ1) is 10.4. The van der Waals surface area contributed by atoms with Crippen LogP contribution in [-0.4, -0.2) is 33.9 Å². The van der Waals surface area contributed by atoms with Crippen LogP contribution in [0.1, 0.15) is 46.3 Å². The summed E-state index contributed by atoms with van der Waals surface area (Å²) in [5.41, 5.74) is 0.431. The van der Waals surface area contributed by atoms with Crippen LogP contribution in [0.4, 0.5) is 4.39 Å². The highest BCUT2D eigenvalue weighted by Crippen LogP contribution is 2.27. The Balaban J connectivity index is 2.75. The number of carboxylic acids is 1. The Morgan fingerprint density at radius 3 is 2.32 bits per heavy atom. The van der Waals surface area contributed by atoms with Gasteiger partial charge in [0.15, 0.2) is 11.4 Å². The van der Waals surface area contributed by atoms with Gasteiger partial charge in [0, 0.05) is 5.56 Å². The number of nitrogens with zero attached hydrogens (tertiary/aromatic N) is 2. The van der Waals surface area contributed by atoms with Crippen LogP contribution < -0.4 is 0 Å². The standard InChI is InChI=1S/C15H15FN2O4/c1-8(2)11-12(15(21)22-3)17-18(13(11)14(19)20)10-6-4-9(16)5-7-10/h4-8H,1-3H3,(H,19,20). The van der Waals surface area contributed by atoms with E-state index in [1.807, 2.05) is 0 Å².